The highest BCUT2D eigenvalue weighted by atomic mass is 16.5. The maximum Gasteiger partial charge on any atom is 0.228 e. The molecule has 0 atom stereocenters. The zero-order chi connectivity index (χ0) is 16.4. The van der Waals surface area contributed by atoms with Crippen LogP contribution in [-0.4, -0.2) is 22.8 Å². The molecule has 0 bridgehead atoms. The summed E-state index contributed by atoms with van der Waals surface area (Å²) in [5.74, 6) is 1.24. The van der Waals surface area contributed by atoms with Gasteiger partial charge in [-0.3, -0.25) is 9.97 Å². The monoisotopic (exact) mass is 313 g/mol. The van der Waals surface area contributed by atoms with Gasteiger partial charge < -0.3 is 9.15 Å². The van der Waals surface area contributed by atoms with Gasteiger partial charge in [0.25, 0.3) is 0 Å². The van der Waals surface area contributed by atoms with Gasteiger partial charge in [0.1, 0.15) is 25.7 Å². The average molecular weight is 313 g/mol. The first-order valence-electron chi connectivity index (χ1n) is 7.42. The van der Waals surface area contributed by atoms with Crippen molar-refractivity contribution in [2.24, 2.45) is 0 Å². The number of aromatic nitrogens is 3. The van der Waals surface area contributed by atoms with Crippen LogP contribution in [0.5, 0.6) is 5.75 Å². The first-order valence-corrected chi connectivity index (χ1v) is 7.42. The lowest BCUT2D eigenvalue weighted by Gasteiger charge is -2.05. The van der Waals surface area contributed by atoms with Gasteiger partial charge in [0.15, 0.2) is 5.58 Å². The minimum absolute atomic E-state index is 0.360. The number of oxazole rings is 1. The van der Waals surface area contributed by atoms with Gasteiger partial charge in [-0.25, -0.2) is 4.98 Å². The molecule has 0 unspecified atom stereocenters. The number of hydrogen-bond donors (Lipinski definition) is 0. The van der Waals surface area contributed by atoms with E-state index >= 15 is 0 Å². The van der Waals surface area contributed by atoms with Crippen molar-refractivity contribution in [1.29, 1.82) is 0 Å². The molecule has 0 spiro atoms. The van der Waals surface area contributed by atoms with Crippen molar-refractivity contribution in [3.63, 3.8) is 0 Å². The summed E-state index contributed by atoms with van der Waals surface area (Å²) in [5, 5.41) is 0. The molecule has 4 aromatic rings. The third kappa shape index (κ3) is 2.99. The quantitative estimate of drug-likeness (QED) is 0.542. The number of fused-ring (bicyclic) bond motifs is 1. The second-order valence-electron chi connectivity index (χ2n) is 5.26. The fourth-order valence-corrected chi connectivity index (χ4v) is 2.29. The molecule has 0 aliphatic rings. The summed E-state index contributed by atoms with van der Waals surface area (Å²) in [6, 6.07) is 12.9. The van der Waals surface area contributed by atoms with Crippen LogP contribution >= 0.6 is 0 Å². The van der Waals surface area contributed by atoms with Crippen LogP contribution in [0.1, 0.15) is 5.69 Å². The minimum atomic E-state index is 0.360. The molecule has 0 saturated heterocycles. The molecular weight excluding hydrogens is 301 g/mol. The number of hydrogen-bond acceptors (Lipinski definition) is 5. The molecule has 114 valence electrons. The van der Waals surface area contributed by atoms with Crippen LogP contribution < -0.4 is 10.2 Å². The Bertz CT molecular complexity index is 969. The van der Waals surface area contributed by atoms with Gasteiger partial charge in [-0.15, -0.1) is 0 Å². The highest BCUT2D eigenvalue weighted by Crippen LogP contribution is 2.26. The summed E-state index contributed by atoms with van der Waals surface area (Å²) in [5.41, 5.74) is 3.71. The Balaban J connectivity index is 1.55. The zero-order valence-electron chi connectivity index (χ0n) is 12.7. The standard InChI is InChI=1S/C18H12BN3O2/c19-13-3-4-14(21-10-13)11-23-15-5-6-17-16(8-15)22-18(24-17)12-2-1-7-20-9-12/h1-10H,11H2. The van der Waals surface area contributed by atoms with Crippen molar-refractivity contribution in [2.45, 2.75) is 6.61 Å². The molecule has 5 nitrogen and oxygen atoms in total. The molecule has 0 amide bonds. The lowest BCUT2D eigenvalue weighted by atomic mass is 9.99. The molecule has 0 N–H and O–H groups in total. The summed E-state index contributed by atoms with van der Waals surface area (Å²) in [6.07, 6.45) is 5.04. The average Bonchev–Trinajstić information content (AvgIpc) is 3.05. The maximum absolute atomic E-state index is 5.76. The Hall–Kier alpha value is -3.15. The smallest absolute Gasteiger partial charge is 0.228 e. The third-order valence-corrected chi connectivity index (χ3v) is 3.50. The van der Waals surface area contributed by atoms with Gasteiger partial charge in [0, 0.05) is 24.7 Å². The van der Waals surface area contributed by atoms with E-state index in [9.17, 15) is 0 Å². The van der Waals surface area contributed by atoms with Crippen LogP contribution in [0.2, 0.25) is 0 Å². The largest absolute Gasteiger partial charge is 0.487 e. The van der Waals surface area contributed by atoms with E-state index in [1.54, 1.807) is 24.7 Å². The fourth-order valence-electron chi connectivity index (χ4n) is 2.29. The van der Waals surface area contributed by atoms with E-state index in [1.807, 2.05) is 36.4 Å². The summed E-state index contributed by atoms with van der Waals surface area (Å²) in [4.78, 5) is 12.8. The molecule has 4 rings (SSSR count). The van der Waals surface area contributed by atoms with E-state index in [2.05, 4.69) is 15.0 Å². The third-order valence-electron chi connectivity index (χ3n) is 3.50. The van der Waals surface area contributed by atoms with Gasteiger partial charge in [-0.2, -0.15) is 0 Å². The number of benzene rings is 1. The first kappa shape index (κ1) is 14.4. The van der Waals surface area contributed by atoms with E-state index in [4.69, 9.17) is 17.0 Å². The van der Waals surface area contributed by atoms with Gasteiger partial charge in [0.05, 0.1) is 11.3 Å². The summed E-state index contributed by atoms with van der Waals surface area (Å²) in [7, 11) is 5.62. The second-order valence-corrected chi connectivity index (χ2v) is 5.26. The normalized spacial score (nSPS) is 10.8. The molecule has 3 heterocycles. The van der Waals surface area contributed by atoms with Crippen LogP contribution in [0, 0.1) is 0 Å². The second kappa shape index (κ2) is 6.16. The number of pyridine rings is 2. The molecule has 2 radical (unpaired) electrons. The van der Waals surface area contributed by atoms with E-state index in [1.165, 1.54) is 0 Å². The highest BCUT2D eigenvalue weighted by molar-refractivity contribution is 6.32. The molecule has 0 aliphatic heterocycles. The molecule has 0 fully saturated rings. The molecular formula is C18H12BN3O2. The molecule has 24 heavy (non-hydrogen) atoms. The van der Waals surface area contributed by atoms with E-state index in [0.717, 1.165) is 16.8 Å². The lowest BCUT2D eigenvalue weighted by molar-refractivity contribution is 0.301. The van der Waals surface area contributed by atoms with Crippen molar-refractivity contribution in [3.05, 3.63) is 66.7 Å². The predicted molar refractivity (Wildman–Crippen MR) is 91.2 cm³/mol. The zero-order valence-corrected chi connectivity index (χ0v) is 12.7. The summed E-state index contributed by atoms with van der Waals surface area (Å²) >= 11 is 0. The lowest BCUT2D eigenvalue weighted by Crippen LogP contribution is -2.05. The number of ether oxygens (including phenoxy) is 1. The predicted octanol–water partition coefficient (Wildman–Crippen LogP) is 2.66. The fraction of sp³-hybridized carbons (Fsp3) is 0.0556. The Morgan fingerprint density at radius 1 is 1.08 bits per heavy atom. The van der Waals surface area contributed by atoms with E-state index in [0.29, 0.717) is 29.3 Å². The van der Waals surface area contributed by atoms with Crippen LogP contribution in [0.4, 0.5) is 0 Å². The molecule has 6 heteroatoms. The molecule has 0 saturated carbocycles. The van der Waals surface area contributed by atoms with E-state index < -0.39 is 0 Å². The SMILES string of the molecule is [B]c1ccc(COc2ccc3oc(-c4cccnc4)nc3c2)nc1. The van der Waals surface area contributed by atoms with Crippen molar-refractivity contribution >= 4 is 24.4 Å². The van der Waals surface area contributed by atoms with Crippen LogP contribution in [0.15, 0.2) is 65.5 Å². The minimum Gasteiger partial charge on any atom is -0.487 e. The topological polar surface area (TPSA) is 61.0 Å². The van der Waals surface area contributed by atoms with Crippen LogP contribution in [-0.2, 0) is 6.61 Å². The van der Waals surface area contributed by atoms with Gasteiger partial charge in [-0.05, 0) is 30.3 Å². The molecule has 1 aromatic carbocycles. The van der Waals surface area contributed by atoms with Crippen molar-refractivity contribution in [3.8, 4) is 17.2 Å². The maximum atomic E-state index is 5.76. The van der Waals surface area contributed by atoms with Gasteiger partial charge in [0.2, 0.25) is 5.89 Å². The summed E-state index contributed by atoms with van der Waals surface area (Å²) in [6.45, 7) is 0.360. The van der Waals surface area contributed by atoms with Crippen molar-refractivity contribution in [1.82, 2.24) is 15.0 Å². The van der Waals surface area contributed by atoms with Gasteiger partial charge in [-0.1, -0.05) is 11.5 Å². The van der Waals surface area contributed by atoms with Gasteiger partial charge >= 0.3 is 0 Å². The molecule has 0 aliphatic carbocycles. The highest BCUT2D eigenvalue weighted by Gasteiger charge is 2.09. The number of nitrogens with zero attached hydrogens (tertiary/aromatic N) is 3. The Labute approximate surface area is 139 Å². The van der Waals surface area contributed by atoms with Crippen molar-refractivity contribution < 1.29 is 9.15 Å². The Morgan fingerprint density at radius 3 is 2.83 bits per heavy atom. The van der Waals surface area contributed by atoms with Crippen molar-refractivity contribution in [2.75, 3.05) is 0 Å². The van der Waals surface area contributed by atoms with Crippen LogP contribution in [0.25, 0.3) is 22.6 Å². The summed E-state index contributed by atoms with van der Waals surface area (Å²) < 4.78 is 11.5. The first-order chi connectivity index (χ1) is 11.8. The Morgan fingerprint density at radius 2 is 2.04 bits per heavy atom. The van der Waals surface area contributed by atoms with Crippen LogP contribution in [0.3, 0.4) is 0 Å². The number of rotatable bonds is 4. The Kier molecular flexibility index (Phi) is 3.71. The molecule has 3 aromatic heterocycles. The van der Waals surface area contributed by atoms with E-state index in [-0.39, 0.29) is 0 Å².